The molecule has 1 aliphatic rings. The molecular weight excluding hydrogens is 190 g/mol. The zero-order chi connectivity index (χ0) is 11.1. The van der Waals surface area contributed by atoms with Crippen LogP contribution in [0.2, 0.25) is 0 Å². The summed E-state index contributed by atoms with van der Waals surface area (Å²) in [5.41, 5.74) is 0. The number of rotatable bonds is 6. The lowest BCUT2D eigenvalue weighted by atomic mass is 10.3. The predicted octanol–water partition coefficient (Wildman–Crippen LogP) is -0.406. The second-order valence-electron chi connectivity index (χ2n) is 4.41. The first-order valence-electron chi connectivity index (χ1n) is 6.02. The Morgan fingerprint density at radius 2 is 1.93 bits per heavy atom. The molecule has 0 aromatic carbocycles. The first-order chi connectivity index (χ1) is 7.22. The molecule has 0 aliphatic carbocycles. The van der Waals surface area contributed by atoms with E-state index in [1.807, 2.05) is 6.92 Å². The van der Waals surface area contributed by atoms with Crippen molar-refractivity contribution in [1.82, 2.24) is 15.1 Å². The predicted molar refractivity (Wildman–Crippen MR) is 63.1 cm³/mol. The largest absolute Gasteiger partial charge is 0.392 e. The van der Waals surface area contributed by atoms with Crippen LogP contribution in [0.25, 0.3) is 0 Å². The minimum absolute atomic E-state index is 0.183. The number of hydrogen-bond acceptors (Lipinski definition) is 4. The highest BCUT2D eigenvalue weighted by atomic mass is 16.3. The van der Waals surface area contributed by atoms with Crippen LogP contribution in [0.15, 0.2) is 0 Å². The highest BCUT2D eigenvalue weighted by molar-refractivity contribution is 4.70. The minimum Gasteiger partial charge on any atom is -0.392 e. The monoisotopic (exact) mass is 215 g/mol. The molecular formula is C11H25N3O. The van der Waals surface area contributed by atoms with E-state index in [4.69, 9.17) is 0 Å². The van der Waals surface area contributed by atoms with Crippen LogP contribution in [0.1, 0.15) is 13.3 Å². The van der Waals surface area contributed by atoms with Gasteiger partial charge in [-0.1, -0.05) is 6.92 Å². The Balaban J connectivity index is 1.96. The molecule has 0 aromatic rings. The van der Waals surface area contributed by atoms with Crippen molar-refractivity contribution in [1.29, 1.82) is 0 Å². The molecule has 1 fully saturated rings. The summed E-state index contributed by atoms with van der Waals surface area (Å²) >= 11 is 0. The van der Waals surface area contributed by atoms with Crippen LogP contribution in [0, 0.1) is 0 Å². The molecule has 0 radical (unpaired) electrons. The highest BCUT2D eigenvalue weighted by Gasteiger charge is 2.12. The van der Waals surface area contributed by atoms with Gasteiger partial charge in [0.2, 0.25) is 0 Å². The van der Waals surface area contributed by atoms with Gasteiger partial charge in [-0.2, -0.15) is 0 Å². The first-order valence-corrected chi connectivity index (χ1v) is 6.02. The summed E-state index contributed by atoms with van der Waals surface area (Å²) in [4.78, 5) is 4.84. The SMILES string of the molecule is CCC(O)CNCCN1CCN(C)CC1. The van der Waals surface area contributed by atoms with Crippen molar-refractivity contribution in [2.75, 3.05) is 52.9 Å². The summed E-state index contributed by atoms with van der Waals surface area (Å²) < 4.78 is 0. The second-order valence-corrected chi connectivity index (χ2v) is 4.41. The average molecular weight is 215 g/mol. The van der Waals surface area contributed by atoms with E-state index in [9.17, 15) is 5.11 Å². The molecule has 1 saturated heterocycles. The quantitative estimate of drug-likeness (QED) is 0.591. The minimum atomic E-state index is -0.183. The standard InChI is InChI=1S/C11H25N3O/c1-3-11(15)10-12-4-5-14-8-6-13(2)7-9-14/h11-12,15H,3-10H2,1-2H3. The number of nitrogens with zero attached hydrogens (tertiary/aromatic N) is 2. The van der Waals surface area contributed by atoms with E-state index in [0.717, 1.165) is 26.1 Å². The molecule has 1 aliphatic heterocycles. The van der Waals surface area contributed by atoms with Crippen molar-refractivity contribution in [3.8, 4) is 0 Å². The topological polar surface area (TPSA) is 38.7 Å². The van der Waals surface area contributed by atoms with Crippen molar-refractivity contribution in [3.05, 3.63) is 0 Å². The Morgan fingerprint density at radius 3 is 2.53 bits per heavy atom. The molecule has 1 heterocycles. The van der Waals surface area contributed by atoms with Gasteiger partial charge in [0.25, 0.3) is 0 Å². The molecule has 0 saturated carbocycles. The van der Waals surface area contributed by atoms with Gasteiger partial charge >= 0.3 is 0 Å². The fourth-order valence-electron chi connectivity index (χ4n) is 1.72. The molecule has 0 bridgehead atoms. The number of likely N-dealkylation sites (N-methyl/N-ethyl adjacent to an activating group) is 1. The molecule has 0 amide bonds. The molecule has 4 heteroatoms. The summed E-state index contributed by atoms with van der Waals surface area (Å²) in [5.74, 6) is 0. The van der Waals surface area contributed by atoms with Crippen molar-refractivity contribution < 1.29 is 5.11 Å². The number of piperazine rings is 1. The smallest absolute Gasteiger partial charge is 0.0662 e. The number of aliphatic hydroxyl groups excluding tert-OH is 1. The fraction of sp³-hybridized carbons (Fsp3) is 1.00. The van der Waals surface area contributed by atoms with Gasteiger partial charge in [0.05, 0.1) is 6.10 Å². The van der Waals surface area contributed by atoms with E-state index < -0.39 is 0 Å². The lowest BCUT2D eigenvalue weighted by Gasteiger charge is -2.32. The summed E-state index contributed by atoms with van der Waals surface area (Å²) in [6.07, 6.45) is 0.652. The van der Waals surface area contributed by atoms with Gasteiger partial charge in [0, 0.05) is 45.8 Å². The summed E-state index contributed by atoms with van der Waals surface area (Å²) in [7, 11) is 2.17. The van der Waals surface area contributed by atoms with Gasteiger partial charge in [-0.05, 0) is 13.5 Å². The zero-order valence-corrected chi connectivity index (χ0v) is 10.1. The van der Waals surface area contributed by atoms with Crippen molar-refractivity contribution in [3.63, 3.8) is 0 Å². The van der Waals surface area contributed by atoms with E-state index >= 15 is 0 Å². The second kappa shape index (κ2) is 7.17. The van der Waals surface area contributed by atoms with Crippen LogP contribution in [0.5, 0.6) is 0 Å². The normalized spacial score (nSPS) is 21.8. The molecule has 0 aromatic heterocycles. The number of hydrogen-bond donors (Lipinski definition) is 2. The van der Waals surface area contributed by atoms with E-state index in [1.165, 1.54) is 26.2 Å². The van der Waals surface area contributed by atoms with Gasteiger partial charge < -0.3 is 15.3 Å². The van der Waals surface area contributed by atoms with Gasteiger partial charge in [-0.25, -0.2) is 0 Å². The van der Waals surface area contributed by atoms with E-state index in [-0.39, 0.29) is 6.10 Å². The van der Waals surface area contributed by atoms with Crippen LogP contribution < -0.4 is 5.32 Å². The highest BCUT2D eigenvalue weighted by Crippen LogP contribution is 1.97. The third-order valence-electron chi connectivity index (χ3n) is 3.05. The maximum absolute atomic E-state index is 9.35. The Hall–Kier alpha value is -0.160. The molecule has 1 unspecified atom stereocenters. The molecule has 4 nitrogen and oxygen atoms in total. The van der Waals surface area contributed by atoms with Gasteiger partial charge in [-0.15, -0.1) is 0 Å². The Bertz CT molecular complexity index is 158. The van der Waals surface area contributed by atoms with E-state index in [0.29, 0.717) is 0 Å². The van der Waals surface area contributed by atoms with Crippen LogP contribution in [-0.2, 0) is 0 Å². The molecule has 1 rings (SSSR count). The summed E-state index contributed by atoms with van der Waals surface area (Å²) in [5, 5.41) is 12.6. The van der Waals surface area contributed by atoms with Crippen molar-refractivity contribution in [2.24, 2.45) is 0 Å². The van der Waals surface area contributed by atoms with Crippen LogP contribution in [0.4, 0.5) is 0 Å². The third-order valence-corrected chi connectivity index (χ3v) is 3.05. The Morgan fingerprint density at radius 1 is 1.27 bits per heavy atom. The van der Waals surface area contributed by atoms with Crippen LogP contribution in [-0.4, -0.2) is 73.9 Å². The Labute approximate surface area is 93.2 Å². The Kier molecular flexibility index (Phi) is 6.17. The average Bonchev–Trinajstić information content (AvgIpc) is 2.26. The van der Waals surface area contributed by atoms with Gasteiger partial charge in [0.1, 0.15) is 0 Å². The van der Waals surface area contributed by atoms with Crippen LogP contribution in [0.3, 0.4) is 0 Å². The maximum Gasteiger partial charge on any atom is 0.0662 e. The molecule has 1 atom stereocenters. The number of nitrogens with one attached hydrogen (secondary N) is 1. The lowest BCUT2D eigenvalue weighted by Crippen LogP contribution is -2.46. The molecule has 15 heavy (non-hydrogen) atoms. The van der Waals surface area contributed by atoms with Gasteiger partial charge in [-0.3, -0.25) is 4.90 Å². The molecule has 90 valence electrons. The molecule has 0 spiro atoms. The summed E-state index contributed by atoms with van der Waals surface area (Å²) in [6, 6.07) is 0. The maximum atomic E-state index is 9.35. The van der Waals surface area contributed by atoms with E-state index in [1.54, 1.807) is 0 Å². The lowest BCUT2D eigenvalue weighted by molar-refractivity contribution is 0.146. The number of aliphatic hydroxyl groups is 1. The van der Waals surface area contributed by atoms with Crippen LogP contribution >= 0.6 is 0 Å². The first kappa shape index (κ1) is 12.9. The summed E-state index contributed by atoms with van der Waals surface area (Å²) in [6.45, 7) is 9.53. The third kappa shape index (κ3) is 5.47. The zero-order valence-electron chi connectivity index (χ0n) is 10.1. The van der Waals surface area contributed by atoms with E-state index in [2.05, 4.69) is 22.2 Å². The van der Waals surface area contributed by atoms with Gasteiger partial charge in [0.15, 0.2) is 0 Å². The van der Waals surface area contributed by atoms with Crippen molar-refractivity contribution in [2.45, 2.75) is 19.4 Å². The van der Waals surface area contributed by atoms with Crippen molar-refractivity contribution >= 4 is 0 Å². The fourth-order valence-corrected chi connectivity index (χ4v) is 1.72. The molecule has 2 N–H and O–H groups in total.